The summed E-state index contributed by atoms with van der Waals surface area (Å²) in [4.78, 5) is 14.5. The molecule has 2 fully saturated rings. The molecule has 3 N–H and O–H groups in total. The van der Waals surface area contributed by atoms with Crippen molar-refractivity contribution in [2.75, 3.05) is 36.5 Å². The molecular weight excluding hydrogens is 290 g/mol. The van der Waals surface area contributed by atoms with Gasteiger partial charge in [-0.25, -0.2) is 0 Å². The van der Waals surface area contributed by atoms with Crippen molar-refractivity contribution in [3.63, 3.8) is 0 Å². The highest BCUT2D eigenvalue weighted by Gasteiger charge is 2.32. The average molecular weight is 317 g/mol. The maximum Gasteiger partial charge on any atom is 0.238 e. The average Bonchev–Trinajstić information content (AvgIpc) is 3.26. The predicted molar refractivity (Wildman–Crippen MR) is 92.8 cm³/mol. The van der Waals surface area contributed by atoms with E-state index in [4.69, 9.17) is 0 Å². The Morgan fingerprint density at radius 2 is 1.74 bits per heavy atom. The Labute approximate surface area is 138 Å². The zero-order valence-electron chi connectivity index (χ0n) is 13.7. The number of hydrogen-bond acceptors (Lipinski definition) is 4. The number of nitrogens with one attached hydrogen (secondary N) is 2. The maximum atomic E-state index is 12.1. The highest BCUT2D eigenvalue weighted by molar-refractivity contribution is 5.92. The monoisotopic (exact) mass is 317 g/mol. The Balaban J connectivity index is 1.49. The molecule has 1 saturated heterocycles. The first kappa shape index (κ1) is 16.3. The summed E-state index contributed by atoms with van der Waals surface area (Å²) in [6.45, 7) is 2.59. The van der Waals surface area contributed by atoms with Crippen LogP contribution in [0.2, 0.25) is 0 Å². The Kier molecular flexibility index (Phi) is 5.18. The summed E-state index contributed by atoms with van der Waals surface area (Å²) >= 11 is 0. The number of anilines is 2. The van der Waals surface area contributed by atoms with Gasteiger partial charge in [0.05, 0.1) is 13.2 Å². The summed E-state index contributed by atoms with van der Waals surface area (Å²) in [5, 5.41) is 15.7. The highest BCUT2D eigenvalue weighted by atomic mass is 16.3. The van der Waals surface area contributed by atoms with Crippen LogP contribution in [0.3, 0.4) is 0 Å². The summed E-state index contributed by atoms with van der Waals surface area (Å²) in [7, 11) is 0. The van der Waals surface area contributed by atoms with Crippen molar-refractivity contribution < 1.29 is 9.90 Å². The Bertz CT molecular complexity index is 518. The fourth-order valence-corrected chi connectivity index (χ4v) is 3.65. The minimum atomic E-state index is -0.253. The number of nitrogens with zero attached hydrogens (tertiary/aromatic N) is 1. The van der Waals surface area contributed by atoms with Gasteiger partial charge in [-0.05, 0) is 49.9 Å². The lowest BCUT2D eigenvalue weighted by Crippen LogP contribution is -2.49. The number of carbonyl (C=O) groups excluding carboxylic acids is 1. The molecule has 1 saturated carbocycles. The molecule has 1 aliphatic carbocycles. The molecule has 0 radical (unpaired) electrons. The van der Waals surface area contributed by atoms with E-state index in [1.165, 1.54) is 18.5 Å². The fraction of sp³-hybridized carbons (Fsp3) is 0.611. The molecular formula is C18H27N3O2. The normalized spacial score (nSPS) is 20.0. The molecule has 126 valence electrons. The SMILES string of the molecule is O=C(CNC1(CO)CCCC1)Nc1ccc(N2CCCC2)cc1. The molecule has 0 unspecified atom stereocenters. The summed E-state index contributed by atoms with van der Waals surface area (Å²) in [6, 6.07) is 8.06. The Morgan fingerprint density at radius 3 is 2.35 bits per heavy atom. The lowest BCUT2D eigenvalue weighted by molar-refractivity contribution is -0.115. The zero-order valence-corrected chi connectivity index (χ0v) is 13.7. The molecule has 0 atom stereocenters. The van der Waals surface area contributed by atoms with Crippen LogP contribution in [0.1, 0.15) is 38.5 Å². The summed E-state index contributed by atoms with van der Waals surface area (Å²) in [5.41, 5.74) is 1.80. The smallest absolute Gasteiger partial charge is 0.238 e. The van der Waals surface area contributed by atoms with Crippen molar-refractivity contribution in [1.82, 2.24) is 5.32 Å². The first-order valence-corrected chi connectivity index (χ1v) is 8.72. The predicted octanol–water partition coefficient (Wildman–Crippen LogP) is 2.12. The molecule has 5 heteroatoms. The van der Waals surface area contributed by atoms with E-state index in [2.05, 4.69) is 27.7 Å². The van der Waals surface area contributed by atoms with Crippen LogP contribution in [0, 0.1) is 0 Å². The van der Waals surface area contributed by atoms with Gasteiger partial charge in [-0.2, -0.15) is 0 Å². The van der Waals surface area contributed by atoms with Gasteiger partial charge >= 0.3 is 0 Å². The molecule has 1 aromatic carbocycles. The van der Waals surface area contributed by atoms with Gasteiger partial charge in [0, 0.05) is 30.0 Å². The van der Waals surface area contributed by atoms with Gasteiger partial charge in [-0.15, -0.1) is 0 Å². The minimum Gasteiger partial charge on any atom is -0.394 e. The lowest BCUT2D eigenvalue weighted by atomic mass is 9.99. The number of hydrogen-bond donors (Lipinski definition) is 3. The Hall–Kier alpha value is -1.59. The first-order chi connectivity index (χ1) is 11.2. The molecule has 0 spiro atoms. The van der Waals surface area contributed by atoms with Crippen LogP contribution in [0.15, 0.2) is 24.3 Å². The van der Waals surface area contributed by atoms with Crippen molar-refractivity contribution in [3.05, 3.63) is 24.3 Å². The Morgan fingerprint density at radius 1 is 1.09 bits per heavy atom. The van der Waals surface area contributed by atoms with Gasteiger partial charge in [0.1, 0.15) is 0 Å². The second-order valence-corrected chi connectivity index (χ2v) is 6.79. The van der Waals surface area contributed by atoms with Gasteiger partial charge in [0.25, 0.3) is 0 Å². The number of benzene rings is 1. The van der Waals surface area contributed by atoms with Crippen molar-refractivity contribution in [1.29, 1.82) is 0 Å². The van der Waals surface area contributed by atoms with E-state index >= 15 is 0 Å². The third-order valence-corrected chi connectivity index (χ3v) is 5.11. The molecule has 1 amide bonds. The summed E-state index contributed by atoms with van der Waals surface area (Å²) < 4.78 is 0. The van der Waals surface area contributed by atoms with E-state index in [0.717, 1.165) is 44.5 Å². The summed E-state index contributed by atoms with van der Waals surface area (Å²) in [5.74, 6) is -0.0568. The summed E-state index contributed by atoms with van der Waals surface area (Å²) in [6.07, 6.45) is 6.65. The van der Waals surface area contributed by atoms with E-state index < -0.39 is 0 Å². The van der Waals surface area contributed by atoms with Gasteiger partial charge in [-0.3, -0.25) is 4.79 Å². The molecule has 1 aliphatic heterocycles. The second-order valence-electron chi connectivity index (χ2n) is 6.79. The molecule has 23 heavy (non-hydrogen) atoms. The third kappa shape index (κ3) is 4.03. The molecule has 1 aromatic rings. The van der Waals surface area contributed by atoms with Crippen molar-refractivity contribution >= 4 is 17.3 Å². The molecule has 1 heterocycles. The van der Waals surface area contributed by atoms with Crippen LogP contribution in [0.25, 0.3) is 0 Å². The van der Waals surface area contributed by atoms with E-state index in [1.807, 2.05) is 12.1 Å². The molecule has 0 aromatic heterocycles. The molecule has 5 nitrogen and oxygen atoms in total. The number of aliphatic hydroxyl groups is 1. The quantitative estimate of drug-likeness (QED) is 0.752. The van der Waals surface area contributed by atoms with E-state index in [9.17, 15) is 9.90 Å². The van der Waals surface area contributed by atoms with Crippen molar-refractivity contribution in [3.8, 4) is 0 Å². The highest BCUT2D eigenvalue weighted by Crippen LogP contribution is 2.29. The van der Waals surface area contributed by atoms with Gasteiger partial charge < -0.3 is 20.6 Å². The van der Waals surface area contributed by atoms with Crippen LogP contribution < -0.4 is 15.5 Å². The van der Waals surface area contributed by atoms with Gasteiger partial charge in [-0.1, -0.05) is 12.8 Å². The van der Waals surface area contributed by atoms with E-state index in [1.54, 1.807) is 0 Å². The van der Waals surface area contributed by atoms with Crippen LogP contribution >= 0.6 is 0 Å². The van der Waals surface area contributed by atoms with E-state index in [-0.39, 0.29) is 24.6 Å². The molecule has 0 bridgehead atoms. The third-order valence-electron chi connectivity index (χ3n) is 5.11. The maximum absolute atomic E-state index is 12.1. The van der Waals surface area contributed by atoms with E-state index in [0.29, 0.717) is 0 Å². The first-order valence-electron chi connectivity index (χ1n) is 8.72. The second kappa shape index (κ2) is 7.32. The van der Waals surface area contributed by atoms with Crippen LogP contribution in [0.4, 0.5) is 11.4 Å². The lowest BCUT2D eigenvalue weighted by Gasteiger charge is -2.27. The number of rotatable bonds is 6. The number of amides is 1. The van der Waals surface area contributed by atoms with Crippen molar-refractivity contribution in [2.24, 2.45) is 0 Å². The number of aliphatic hydroxyl groups excluding tert-OH is 1. The van der Waals surface area contributed by atoms with Crippen LogP contribution in [-0.4, -0.2) is 42.8 Å². The van der Waals surface area contributed by atoms with Crippen LogP contribution in [0.5, 0.6) is 0 Å². The van der Waals surface area contributed by atoms with Crippen LogP contribution in [-0.2, 0) is 4.79 Å². The van der Waals surface area contributed by atoms with Crippen molar-refractivity contribution in [2.45, 2.75) is 44.1 Å². The van der Waals surface area contributed by atoms with Gasteiger partial charge in [0.2, 0.25) is 5.91 Å². The standard InChI is InChI=1S/C18H27N3O2/c22-14-18(9-1-2-10-18)19-13-17(23)20-15-5-7-16(8-6-15)21-11-3-4-12-21/h5-8,19,22H,1-4,9-14H2,(H,20,23). The minimum absolute atomic E-state index is 0.0568. The van der Waals surface area contributed by atoms with Gasteiger partial charge in [0.15, 0.2) is 0 Å². The topological polar surface area (TPSA) is 64.6 Å². The zero-order chi connectivity index (χ0) is 16.1. The molecule has 2 aliphatic rings. The fourth-order valence-electron chi connectivity index (χ4n) is 3.65. The molecule has 3 rings (SSSR count). The number of carbonyl (C=O) groups is 1. The largest absolute Gasteiger partial charge is 0.394 e.